The molecule has 3 nitrogen and oxygen atoms in total. The minimum atomic E-state index is -4.46. The molecule has 1 N–H and O–H groups in total. The highest BCUT2D eigenvalue weighted by molar-refractivity contribution is 6.51. The van der Waals surface area contributed by atoms with Gasteiger partial charge in [-0.15, -0.1) is 0 Å². The van der Waals surface area contributed by atoms with Gasteiger partial charge in [0.1, 0.15) is 0 Å². The normalized spacial score (nSPS) is 12.2. The predicted octanol–water partition coefficient (Wildman–Crippen LogP) is 3.77. The van der Waals surface area contributed by atoms with Gasteiger partial charge in [-0.1, -0.05) is 47.6 Å². The molecule has 0 radical (unpaired) electrons. The summed E-state index contributed by atoms with van der Waals surface area (Å²) >= 11 is 0. The fraction of sp³-hybridized carbons (Fsp3) is 0.0667. The molecule has 0 aliphatic heterocycles. The van der Waals surface area contributed by atoms with Crippen molar-refractivity contribution < 1.29 is 23.2 Å². The van der Waals surface area contributed by atoms with Crippen LogP contribution in [0.2, 0.25) is 0 Å². The molecule has 2 aromatic carbocycles. The van der Waals surface area contributed by atoms with Crippen molar-refractivity contribution >= 4 is 11.5 Å². The molecule has 0 bridgehead atoms. The van der Waals surface area contributed by atoms with Gasteiger partial charge in [0.15, 0.2) is 5.71 Å². The molecule has 2 rings (SSSR count). The van der Waals surface area contributed by atoms with Gasteiger partial charge in [-0.3, -0.25) is 4.79 Å². The molecule has 0 aliphatic carbocycles. The lowest BCUT2D eigenvalue weighted by Crippen LogP contribution is -2.16. The molecule has 2 aromatic rings. The number of rotatable bonds is 3. The van der Waals surface area contributed by atoms with E-state index >= 15 is 0 Å². The summed E-state index contributed by atoms with van der Waals surface area (Å²) in [6.07, 6.45) is -4.46. The molecule has 0 aliphatic rings. The second-order valence-corrected chi connectivity index (χ2v) is 4.22. The van der Waals surface area contributed by atoms with E-state index in [2.05, 4.69) is 5.16 Å². The standard InChI is InChI=1S/C15H10F3NO2/c16-15(17,18)12-8-6-11(7-9-12)14(20)13(19-21)10-4-2-1-3-5-10/h1-9,21H/b19-13+. The molecule has 0 heterocycles. The second-order valence-electron chi connectivity index (χ2n) is 4.22. The van der Waals surface area contributed by atoms with Gasteiger partial charge in [0, 0.05) is 11.1 Å². The van der Waals surface area contributed by atoms with Gasteiger partial charge in [-0.25, -0.2) is 0 Å². The fourth-order valence-corrected chi connectivity index (χ4v) is 1.78. The number of halogens is 3. The Morgan fingerprint density at radius 2 is 1.48 bits per heavy atom. The molecule has 0 amide bonds. The number of hydrogen-bond acceptors (Lipinski definition) is 3. The number of benzene rings is 2. The van der Waals surface area contributed by atoms with E-state index in [1.807, 2.05) is 0 Å². The maximum Gasteiger partial charge on any atom is 0.416 e. The first-order valence-electron chi connectivity index (χ1n) is 5.93. The lowest BCUT2D eigenvalue weighted by atomic mass is 10.00. The van der Waals surface area contributed by atoms with Crippen molar-refractivity contribution in [2.75, 3.05) is 0 Å². The highest BCUT2D eigenvalue weighted by Crippen LogP contribution is 2.29. The highest BCUT2D eigenvalue weighted by Gasteiger charge is 2.30. The van der Waals surface area contributed by atoms with Crippen molar-refractivity contribution in [1.29, 1.82) is 0 Å². The van der Waals surface area contributed by atoms with E-state index in [-0.39, 0.29) is 11.3 Å². The molecule has 21 heavy (non-hydrogen) atoms. The van der Waals surface area contributed by atoms with E-state index in [0.29, 0.717) is 5.56 Å². The van der Waals surface area contributed by atoms with Crippen LogP contribution in [-0.4, -0.2) is 16.7 Å². The van der Waals surface area contributed by atoms with E-state index < -0.39 is 17.5 Å². The summed E-state index contributed by atoms with van der Waals surface area (Å²) < 4.78 is 37.4. The minimum absolute atomic E-state index is 0.0136. The number of carbonyl (C=O) groups excluding carboxylic acids is 1. The number of alkyl halides is 3. The third kappa shape index (κ3) is 3.28. The zero-order chi connectivity index (χ0) is 15.5. The Labute approximate surface area is 118 Å². The summed E-state index contributed by atoms with van der Waals surface area (Å²) in [6.45, 7) is 0. The SMILES string of the molecule is O=C(/C(=N/O)c1ccccc1)c1ccc(C(F)(F)F)cc1. The van der Waals surface area contributed by atoms with Gasteiger partial charge in [-0.05, 0) is 12.1 Å². The first-order valence-corrected chi connectivity index (χ1v) is 5.93. The van der Waals surface area contributed by atoms with Gasteiger partial charge in [0.2, 0.25) is 5.78 Å². The van der Waals surface area contributed by atoms with E-state index in [0.717, 1.165) is 24.3 Å². The number of Topliss-reactive ketones (excluding diaryl/α,β-unsaturated/α-hetero) is 1. The Bertz CT molecular complexity index is 662. The van der Waals surface area contributed by atoms with Crippen LogP contribution in [0.5, 0.6) is 0 Å². The van der Waals surface area contributed by atoms with Crippen LogP contribution < -0.4 is 0 Å². The predicted molar refractivity (Wildman–Crippen MR) is 70.5 cm³/mol. The third-order valence-corrected chi connectivity index (χ3v) is 2.84. The summed E-state index contributed by atoms with van der Waals surface area (Å²) in [5, 5.41) is 11.9. The summed E-state index contributed by atoms with van der Waals surface area (Å²) in [4.78, 5) is 12.2. The molecule has 0 saturated heterocycles. The van der Waals surface area contributed by atoms with E-state index in [9.17, 15) is 18.0 Å². The molecule has 0 unspecified atom stereocenters. The molecular formula is C15H10F3NO2. The Hall–Kier alpha value is -2.63. The first kappa shape index (κ1) is 14.8. The van der Waals surface area contributed by atoms with Crippen molar-refractivity contribution in [3.8, 4) is 0 Å². The van der Waals surface area contributed by atoms with Gasteiger partial charge in [-0.2, -0.15) is 13.2 Å². The summed E-state index contributed by atoms with van der Waals surface area (Å²) in [7, 11) is 0. The van der Waals surface area contributed by atoms with E-state index in [1.165, 1.54) is 0 Å². The van der Waals surface area contributed by atoms with Crippen LogP contribution >= 0.6 is 0 Å². The summed E-state index contributed by atoms with van der Waals surface area (Å²) in [5.74, 6) is -0.655. The van der Waals surface area contributed by atoms with Crippen LogP contribution in [-0.2, 0) is 6.18 Å². The van der Waals surface area contributed by atoms with Crippen LogP contribution in [0.3, 0.4) is 0 Å². The van der Waals surface area contributed by atoms with Gasteiger partial charge in [0.05, 0.1) is 5.56 Å². The average molecular weight is 293 g/mol. The van der Waals surface area contributed by atoms with E-state index in [1.54, 1.807) is 30.3 Å². The maximum atomic E-state index is 12.5. The third-order valence-electron chi connectivity index (χ3n) is 2.84. The lowest BCUT2D eigenvalue weighted by Gasteiger charge is -2.08. The monoisotopic (exact) mass is 293 g/mol. The fourth-order valence-electron chi connectivity index (χ4n) is 1.78. The van der Waals surface area contributed by atoms with Crippen molar-refractivity contribution in [1.82, 2.24) is 0 Å². The summed E-state index contributed by atoms with van der Waals surface area (Å²) in [5.41, 5.74) is -0.679. The molecule has 6 heteroatoms. The number of nitrogens with zero attached hydrogens (tertiary/aromatic N) is 1. The molecule has 0 spiro atoms. The molecule has 0 saturated carbocycles. The van der Waals surface area contributed by atoms with Gasteiger partial charge >= 0.3 is 6.18 Å². The Morgan fingerprint density at radius 3 is 1.95 bits per heavy atom. The number of ketones is 1. The Morgan fingerprint density at radius 1 is 0.905 bits per heavy atom. The van der Waals surface area contributed by atoms with E-state index in [4.69, 9.17) is 5.21 Å². The van der Waals surface area contributed by atoms with Gasteiger partial charge in [0.25, 0.3) is 0 Å². The zero-order valence-corrected chi connectivity index (χ0v) is 10.6. The van der Waals surface area contributed by atoms with Crippen LogP contribution in [0.15, 0.2) is 59.8 Å². The largest absolute Gasteiger partial charge is 0.416 e. The maximum absolute atomic E-state index is 12.5. The molecular weight excluding hydrogens is 283 g/mol. The topological polar surface area (TPSA) is 49.7 Å². The molecule has 108 valence electrons. The van der Waals surface area contributed by atoms with Crippen LogP contribution in [0.4, 0.5) is 13.2 Å². The van der Waals surface area contributed by atoms with Crippen molar-refractivity contribution in [2.24, 2.45) is 5.16 Å². The first-order chi connectivity index (χ1) is 9.93. The van der Waals surface area contributed by atoms with Crippen LogP contribution in [0.1, 0.15) is 21.5 Å². The second kappa shape index (κ2) is 5.78. The highest BCUT2D eigenvalue weighted by atomic mass is 19.4. The number of carbonyl (C=O) groups is 1. The summed E-state index contributed by atoms with van der Waals surface area (Å²) in [6, 6.07) is 11.9. The van der Waals surface area contributed by atoms with Crippen molar-refractivity contribution in [2.45, 2.75) is 6.18 Å². The molecule has 0 fully saturated rings. The molecule has 0 atom stereocenters. The van der Waals surface area contributed by atoms with Crippen molar-refractivity contribution in [3.63, 3.8) is 0 Å². The minimum Gasteiger partial charge on any atom is -0.410 e. The van der Waals surface area contributed by atoms with Crippen LogP contribution in [0, 0.1) is 0 Å². The van der Waals surface area contributed by atoms with Gasteiger partial charge < -0.3 is 5.21 Å². The Kier molecular flexibility index (Phi) is 4.07. The smallest absolute Gasteiger partial charge is 0.410 e. The number of oxime groups is 1. The Balaban J connectivity index is 2.31. The van der Waals surface area contributed by atoms with Crippen LogP contribution in [0.25, 0.3) is 0 Å². The average Bonchev–Trinajstić information content (AvgIpc) is 2.48. The quantitative estimate of drug-likeness (QED) is 0.405. The zero-order valence-electron chi connectivity index (χ0n) is 10.6. The number of hydrogen-bond donors (Lipinski definition) is 1. The molecule has 0 aromatic heterocycles. The lowest BCUT2D eigenvalue weighted by molar-refractivity contribution is -0.137. The van der Waals surface area contributed by atoms with Crippen molar-refractivity contribution in [3.05, 3.63) is 71.3 Å².